The zero-order valence-corrected chi connectivity index (χ0v) is 17.3. The van der Waals surface area contributed by atoms with Crippen molar-refractivity contribution < 1.29 is 0 Å². The van der Waals surface area contributed by atoms with E-state index >= 15 is 0 Å². The highest BCUT2D eigenvalue weighted by Gasteiger charge is 2.33. The molecule has 0 radical (unpaired) electrons. The number of hydrogen-bond donors (Lipinski definition) is 2. The maximum Gasteiger partial charge on any atom is 0.191 e. The van der Waals surface area contributed by atoms with Crippen LogP contribution < -0.4 is 10.6 Å². The zero-order chi connectivity index (χ0) is 15.4. The standard InChI is InChI=1S/C17H28N4S.HI/c1-13-10-16(13)20-17(18-2)19-11-14-5-7-21(8-6-14)12-15-4-3-9-22-15;/h3-4,9,13-14,16H,5-8,10-12H2,1-2H3,(H2,18,19,20);1H. The van der Waals surface area contributed by atoms with Crippen molar-refractivity contribution in [2.24, 2.45) is 16.8 Å². The van der Waals surface area contributed by atoms with Crippen LogP contribution in [0, 0.1) is 11.8 Å². The van der Waals surface area contributed by atoms with Crippen molar-refractivity contribution in [1.82, 2.24) is 15.5 Å². The summed E-state index contributed by atoms with van der Waals surface area (Å²) in [6.45, 7) is 6.90. The average molecular weight is 448 g/mol. The van der Waals surface area contributed by atoms with Gasteiger partial charge >= 0.3 is 0 Å². The molecule has 2 fully saturated rings. The van der Waals surface area contributed by atoms with E-state index in [4.69, 9.17) is 0 Å². The Balaban J connectivity index is 0.00000192. The molecule has 0 spiro atoms. The monoisotopic (exact) mass is 448 g/mol. The molecule has 1 aliphatic heterocycles. The van der Waals surface area contributed by atoms with Crippen molar-refractivity contribution >= 4 is 41.3 Å². The van der Waals surface area contributed by atoms with Gasteiger partial charge in [-0.05, 0) is 55.6 Å². The fourth-order valence-corrected chi connectivity index (χ4v) is 3.85. The minimum Gasteiger partial charge on any atom is -0.356 e. The van der Waals surface area contributed by atoms with Crippen LogP contribution in [0.1, 0.15) is 31.1 Å². The van der Waals surface area contributed by atoms with E-state index in [1.54, 1.807) is 0 Å². The Morgan fingerprint density at radius 3 is 2.70 bits per heavy atom. The molecule has 2 atom stereocenters. The normalized spacial score (nSPS) is 25.7. The van der Waals surface area contributed by atoms with Crippen molar-refractivity contribution in [3.05, 3.63) is 22.4 Å². The van der Waals surface area contributed by atoms with Crippen molar-refractivity contribution in [2.45, 2.75) is 38.8 Å². The number of likely N-dealkylation sites (tertiary alicyclic amines) is 1. The molecule has 6 heteroatoms. The fourth-order valence-electron chi connectivity index (χ4n) is 3.11. The van der Waals surface area contributed by atoms with Crippen LogP contribution in [0.3, 0.4) is 0 Å². The molecule has 2 N–H and O–H groups in total. The lowest BCUT2D eigenvalue weighted by atomic mass is 9.97. The van der Waals surface area contributed by atoms with E-state index in [-0.39, 0.29) is 24.0 Å². The number of nitrogens with one attached hydrogen (secondary N) is 2. The molecule has 23 heavy (non-hydrogen) atoms. The van der Waals surface area contributed by atoms with Gasteiger partial charge in [0, 0.05) is 31.1 Å². The van der Waals surface area contributed by atoms with Crippen molar-refractivity contribution in [2.75, 3.05) is 26.7 Å². The Hall–Kier alpha value is -0.340. The summed E-state index contributed by atoms with van der Waals surface area (Å²) in [6, 6.07) is 5.03. The highest BCUT2D eigenvalue weighted by atomic mass is 127. The van der Waals surface area contributed by atoms with Gasteiger partial charge in [0.25, 0.3) is 0 Å². The molecule has 130 valence electrons. The van der Waals surface area contributed by atoms with Crippen molar-refractivity contribution in [3.8, 4) is 0 Å². The molecule has 1 saturated carbocycles. The fraction of sp³-hybridized carbons (Fsp3) is 0.706. The summed E-state index contributed by atoms with van der Waals surface area (Å²) in [4.78, 5) is 8.41. The molecule has 2 unspecified atom stereocenters. The third-order valence-electron chi connectivity index (χ3n) is 4.88. The average Bonchev–Trinajstić information content (AvgIpc) is 3.00. The van der Waals surface area contributed by atoms with Gasteiger partial charge in [0.2, 0.25) is 0 Å². The summed E-state index contributed by atoms with van der Waals surface area (Å²) in [6.07, 6.45) is 3.85. The Labute approximate surface area is 161 Å². The van der Waals surface area contributed by atoms with Crippen molar-refractivity contribution in [1.29, 1.82) is 0 Å². The molecule has 3 rings (SSSR count). The lowest BCUT2D eigenvalue weighted by Gasteiger charge is -2.32. The summed E-state index contributed by atoms with van der Waals surface area (Å²) in [5, 5.41) is 9.18. The van der Waals surface area contributed by atoms with Crippen LogP contribution in [-0.4, -0.2) is 43.6 Å². The van der Waals surface area contributed by atoms with Gasteiger partial charge in [-0.3, -0.25) is 9.89 Å². The number of piperidine rings is 1. The maximum atomic E-state index is 4.34. The van der Waals surface area contributed by atoms with Gasteiger partial charge in [0.1, 0.15) is 0 Å². The zero-order valence-electron chi connectivity index (χ0n) is 14.1. The first-order valence-electron chi connectivity index (χ1n) is 8.46. The summed E-state index contributed by atoms with van der Waals surface area (Å²) < 4.78 is 0. The van der Waals surface area contributed by atoms with Crippen LogP contribution in [-0.2, 0) is 6.54 Å². The Morgan fingerprint density at radius 2 is 2.13 bits per heavy atom. The number of nitrogens with zero attached hydrogens (tertiary/aromatic N) is 2. The Bertz CT molecular complexity index is 483. The number of halogens is 1. The van der Waals surface area contributed by atoms with E-state index in [1.165, 1.54) is 37.2 Å². The second-order valence-electron chi connectivity index (χ2n) is 6.72. The number of guanidine groups is 1. The molecule has 0 bridgehead atoms. The smallest absolute Gasteiger partial charge is 0.191 e. The first kappa shape index (κ1) is 19.0. The van der Waals surface area contributed by atoms with E-state index in [2.05, 4.69) is 45.0 Å². The molecule has 0 amide bonds. The van der Waals surface area contributed by atoms with Crippen LogP contribution >= 0.6 is 35.3 Å². The molecule has 2 aliphatic rings. The van der Waals surface area contributed by atoms with Crippen LogP contribution in [0.15, 0.2) is 22.5 Å². The van der Waals surface area contributed by atoms with E-state index < -0.39 is 0 Å². The van der Waals surface area contributed by atoms with Gasteiger partial charge in [-0.2, -0.15) is 0 Å². The second kappa shape index (κ2) is 9.22. The second-order valence-corrected chi connectivity index (χ2v) is 7.75. The largest absolute Gasteiger partial charge is 0.356 e. The lowest BCUT2D eigenvalue weighted by Crippen LogP contribution is -2.43. The molecule has 2 heterocycles. The highest BCUT2D eigenvalue weighted by molar-refractivity contribution is 14.0. The maximum absolute atomic E-state index is 4.34. The van der Waals surface area contributed by atoms with E-state index in [1.807, 2.05) is 18.4 Å². The minimum atomic E-state index is 0. The van der Waals surface area contributed by atoms with E-state index in [0.717, 1.165) is 30.9 Å². The van der Waals surface area contributed by atoms with Gasteiger partial charge in [0.05, 0.1) is 0 Å². The van der Waals surface area contributed by atoms with E-state index in [9.17, 15) is 0 Å². The Kier molecular flexibility index (Phi) is 7.62. The molecule has 0 aromatic carbocycles. The number of thiophene rings is 1. The summed E-state index contributed by atoms with van der Waals surface area (Å²) in [5.41, 5.74) is 0. The van der Waals surface area contributed by atoms with Gasteiger partial charge in [0.15, 0.2) is 5.96 Å². The predicted octanol–water partition coefficient (Wildman–Crippen LogP) is 3.15. The molecule has 1 aromatic heterocycles. The van der Waals surface area contributed by atoms with Crippen molar-refractivity contribution in [3.63, 3.8) is 0 Å². The number of rotatable bonds is 5. The quantitative estimate of drug-likeness (QED) is 0.413. The third kappa shape index (κ3) is 5.90. The predicted molar refractivity (Wildman–Crippen MR) is 110 cm³/mol. The molecule has 1 aromatic rings. The SMILES string of the molecule is CN=C(NCC1CCN(Cc2cccs2)CC1)NC1CC1C.I. The van der Waals surface area contributed by atoms with Crippen LogP contribution in [0.5, 0.6) is 0 Å². The van der Waals surface area contributed by atoms with Crippen LogP contribution in [0.25, 0.3) is 0 Å². The molecule has 4 nitrogen and oxygen atoms in total. The molecule has 1 aliphatic carbocycles. The lowest BCUT2D eigenvalue weighted by molar-refractivity contribution is 0.179. The van der Waals surface area contributed by atoms with Gasteiger partial charge in [-0.1, -0.05) is 13.0 Å². The van der Waals surface area contributed by atoms with Gasteiger partial charge < -0.3 is 10.6 Å². The number of aliphatic imine (C=N–C) groups is 1. The van der Waals surface area contributed by atoms with E-state index in [0.29, 0.717) is 6.04 Å². The Morgan fingerprint density at radius 1 is 1.39 bits per heavy atom. The summed E-state index contributed by atoms with van der Waals surface area (Å²) >= 11 is 1.87. The third-order valence-corrected chi connectivity index (χ3v) is 5.74. The molecular weight excluding hydrogens is 419 g/mol. The molecule has 1 saturated heterocycles. The van der Waals surface area contributed by atoms with Crippen LogP contribution in [0.4, 0.5) is 0 Å². The number of hydrogen-bond acceptors (Lipinski definition) is 3. The summed E-state index contributed by atoms with van der Waals surface area (Å²) in [5.74, 6) is 2.56. The first-order valence-corrected chi connectivity index (χ1v) is 9.34. The highest BCUT2D eigenvalue weighted by Crippen LogP contribution is 2.28. The van der Waals surface area contributed by atoms with Crippen LogP contribution in [0.2, 0.25) is 0 Å². The topological polar surface area (TPSA) is 39.7 Å². The molecular formula is C17H29IN4S. The van der Waals surface area contributed by atoms with Gasteiger partial charge in [-0.25, -0.2) is 0 Å². The first-order chi connectivity index (χ1) is 10.7. The van der Waals surface area contributed by atoms with Gasteiger partial charge in [-0.15, -0.1) is 35.3 Å². The summed E-state index contributed by atoms with van der Waals surface area (Å²) in [7, 11) is 1.87. The minimum absolute atomic E-state index is 0.